The number of likely N-dealkylation sites (tertiary alicyclic amines) is 1. The predicted octanol–water partition coefficient (Wildman–Crippen LogP) is 4.03. The summed E-state index contributed by atoms with van der Waals surface area (Å²) in [7, 11) is 3.80. The van der Waals surface area contributed by atoms with Crippen molar-refractivity contribution in [2.24, 2.45) is 0 Å². The Balaban J connectivity index is 2.12. The molecule has 31 heavy (non-hydrogen) atoms. The molecule has 1 atom stereocenters. The van der Waals surface area contributed by atoms with Crippen LogP contribution in [0, 0.1) is 6.92 Å². The minimum Gasteiger partial charge on any atom is -0.507 e. The SMILES string of the molecule is CCOc1ccc(C(O)=C2C(=O)C(=O)N(CCN(C)C)[C@@H]2c2ccc(C)cc2)cc1Cl. The summed E-state index contributed by atoms with van der Waals surface area (Å²) in [5.41, 5.74) is 2.25. The minimum absolute atomic E-state index is 0.0628. The second-order valence-electron chi connectivity index (χ2n) is 7.78. The highest BCUT2D eigenvalue weighted by atomic mass is 35.5. The van der Waals surface area contributed by atoms with Gasteiger partial charge in [0.05, 0.1) is 23.2 Å². The average Bonchev–Trinajstić information content (AvgIpc) is 2.98. The third-order valence-corrected chi connectivity index (χ3v) is 5.52. The van der Waals surface area contributed by atoms with E-state index in [-0.39, 0.29) is 11.3 Å². The van der Waals surface area contributed by atoms with E-state index >= 15 is 0 Å². The summed E-state index contributed by atoms with van der Waals surface area (Å²) >= 11 is 6.28. The van der Waals surface area contributed by atoms with Crippen LogP contribution in [0.15, 0.2) is 48.0 Å². The van der Waals surface area contributed by atoms with Crippen LogP contribution in [0.1, 0.15) is 29.7 Å². The van der Waals surface area contributed by atoms with E-state index < -0.39 is 17.7 Å². The molecule has 1 heterocycles. The Morgan fingerprint density at radius 1 is 1.16 bits per heavy atom. The van der Waals surface area contributed by atoms with Crippen LogP contribution < -0.4 is 4.74 Å². The zero-order valence-corrected chi connectivity index (χ0v) is 18.9. The van der Waals surface area contributed by atoms with Gasteiger partial charge in [0, 0.05) is 18.7 Å². The lowest BCUT2D eigenvalue weighted by atomic mass is 9.94. The highest BCUT2D eigenvalue weighted by molar-refractivity contribution is 6.46. The number of hydrogen-bond donors (Lipinski definition) is 1. The molecular weight excluding hydrogens is 416 g/mol. The number of aliphatic hydroxyl groups is 1. The third-order valence-electron chi connectivity index (χ3n) is 5.23. The van der Waals surface area contributed by atoms with Gasteiger partial charge in [0.15, 0.2) is 0 Å². The van der Waals surface area contributed by atoms with E-state index in [0.29, 0.717) is 36.0 Å². The number of nitrogens with zero attached hydrogens (tertiary/aromatic N) is 2. The molecule has 7 heteroatoms. The molecule has 1 fully saturated rings. The summed E-state index contributed by atoms with van der Waals surface area (Å²) in [5, 5.41) is 11.4. The lowest BCUT2D eigenvalue weighted by Gasteiger charge is -2.26. The second-order valence-corrected chi connectivity index (χ2v) is 8.19. The Kier molecular flexibility index (Phi) is 7.03. The number of aryl methyl sites for hydroxylation is 1. The Hall–Kier alpha value is -2.83. The standard InChI is InChI=1S/C24H27ClN2O4/c1-5-31-19-11-10-17(14-18(19)25)22(28)20-21(16-8-6-15(2)7-9-16)27(13-12-26(3)4)24(30)23(20)29/h6-11,14,21,28H,5,12-13H2,1-4H3/t21-/m1/s1. The van der Waals surface area contributed by atoms with E-state index in [0.717, 1.165) is 11.1 Å². The molecule has 0 spiro atoms. The second kappa shape index (κ2) is 9.54. The first kappa shape index (κ1) is 22.8. The molecule has 0 bridgehead atoms. The molecule has 1 aliphatic rings. The van der Waals surface area contributed by atoms with Gasteiger partial charge in [-0.15, -0.1) is 0 Å². The van der Waals surface area contributed by atoms with Gasteiger partial charge in [-0.2, -0.15) is 0 Å². The number of carbonyl (C=O) groups excluding carboxylic acids is 2. The third kappa shape index (κ3) is 4.75. The van der Waals surface area contributed by atoms with Gasteiger partial charge in [-0.25, -0.2) is 0 Å². The largest absolute Gasteiger partial charge is 0.507 e. The molecule has 0 unspecified atom stereocenters. The number of ketones is 1. The van der Waals surface area contributed by atoms with Gasteiger partial charge in [0.25, 0.3) is 11.7 Å². The van der Waals surface area contributed by atoms with Crippen molar-refractivity contribution in [2.45, 2.75) is 19.9 Å². The Morgan fingerprint density at radius 3 is 2.42 bits per heavy atom. The Labute approximate surface area is 187 Å². The van der Waals surface area contributed by atoms with Crippen LogP contribution in [-0.2, 0) is 9.59 Å². The molecule has 2 aromatic rings. The van der Waals surface area contributed by atoms with Crippen molar-refractivity contribution in [1.29, 1.82) is 0 Å². The number of benzene rings is 2. The van der Waals surface area contributed by atoms with Gasteiger partial charge in [0.2, 0.25) is 0 Å². The summed E-state index contributed by atoms with van der Waals surface area (Å²) < 4.78 is 5.44. The highest BCUT2D eigenvalue weighted by Crippen LogP contribution is 2.40. The fourth-order valence-corrected chi connectivity index (χ4v) is 3.82. The molecule has 6 nitrogen and oxygen atoms in total. The van der Waals surface area contributed by atoms with Crippen LogP contribution in [0.2, 0.25) is 5.02 Å². The fourth-order valence-electron chi connectivity index (χ4n) is 3.59. The number of likely N-dealkylation sites (N-methyl/N-ethyl adjacent to an activating group) is 1. The van der Waals surface area contributed by atoms with Crippen molar-refractivity contribution < 1.29 is 19.4 Å². The van der Waals surface area contributed by atoms with Crippen LogP contribution in [0.4, 0.5) is 0 Å². The first-order valence-electron chi connectivity index (χ1n) is 10.2. The van der Waals surface area contributed by atoms with E-state index in [1.165, 1.54) is 4.90 Å². The van der Waals surface area contributed by atoms with Gasteiger partial charge >= 0.3 is 0 Å². The number of ether oxygens (including phenoxy) is 1. The summed E-state index contributed by atoms with van der Waals surface area (Å²) in [6.07, 6.45) is 0. The molecule has 1 N–H and O–H groups in total. The van der Waals surface area contributed by atoms with E-state index in [2.05, 4.69) is 0 Å². The molecule has 3 rings (SSSR count). The fraction of sp³-hybridized carbons (Fsp3) is 0.333. The minimum atomic E-state index is -0.702. The molecule has 0 aliphatic carbocycles. The molecule has 0 radical (unpaired) electrons. The van der Waals surface area contributed by atoms with Crippen molar-refractivity contribution >= 4 is 29.1 Å². The van der Waals surface area contributed by atoms with E-state index in [1.807, 2.05) is 57.1 Å². The molecule has 2 aromatic carbocycles. The van der Waals surface area contributed by atoms with Crippen molar-refractivity contribution in [3.8, 4) is 5.75 Å². The average molecular weight is 443 g/mol. The molecular formula is C24H27ClN2O4. The first-order valence-corrected chi connectivity index (χ1v) is 10.5. The zero-order chi connectivity index (χ0) is 22.7. The molecule has 0 saturated carbocycles. The molecule has 1 aliphatic heterocycles. The maximum atomic E-state index is 13.0. The maximum Gasteiger partial charge on any atom is 0.295 e. The van der Waals surface area contributed by atoms with Gasteiger partial charge in [-0.3, -0.25) is 9.59 Å². The van der Waals surface area contributed by atoms with Crippen LogP contribution in [-0.4, -0.2) is 60.4 Å². The van der Waals surface area contributed by atoms with Gasteiger partial charge < -0.3 is 19.6 Å². The summed E-state index contributed by atoms with van der Waals surface area (Å²) in [5.74, 6) is -1.08. The molecule has 1 amide bonds. The summed E-state index contributed by atoms with van der Waals surface area (Å²) in [6, 6.07) is 11.8. The number of halogens is 1. The quantitative estimate of drug-likeness (QED) is 0.398. The zero-order valence-electron chi connectivity index (χ0n) is 18.2. The van der Waals surface area contributed by atoms with Gasteiger partial charge in [-0.1, -0.05) is 41.4 Å². The summed E-state index contributed by atoms with van der Waals surface area (Å²) in [4.78, 5) is 29.4. The van der Waals surface area contributed by atoms with Crippen LogP contribution in [0.3, 0.4) is 0 Å². The number of carbonyl (C=O) groups is 2. The van der Waals surface area contributed by atoms with Gasteiger partial charge in [-0.05, 0) is 51.7 Å². The number of Topliss-reactive ketones (excluding diaryl/α,β-unsaturated/α-hetero) is 1. The number of hydrogen-bond acceptors (Lipinski definition) is 5. The van der Waals surface area contributed by atoms with E-state index in [4.69, 9.17) is 16.3 Å². The topological polar surface area (TPSA) is 70.1 Å². The Bertz CT molecular complexity index is 1010. The number of rotatable bonds is 7. The van der Waals surface area contributed by atoms with Crippen molar-refractivity contribution in [3.63, 3.8) is 0 Å². The maximum absolute atomic E-state index is 13.0. The Morgan fingerprint density at radius 2 is 1.84 bits per heavy atom. The van der Waals surface area contributed by atoms with Crippen LogP contribution in [0.25, 0.3) is 5.76 Å². The molecule has 0 aromatic heterocycles. The molecule has 164 valence electrons. The number of aliphatic hydroxyl groups excluding tert-OH is 1. The van der Waals surface area contributed by atoms with Crippen LogP contribution in [0.5, 0.6) is 5.75 Å². The highest BCUT2D eigenvalue weighted by Gasteiger charge is 2.45. The van der Waals surface area contributed by atoms with Crippen molar-refractivity contribution in [1.82, 2.24) is 9.80 Å². The van der Waals surface area contributed by atoms with Crippen molar-refractivity contribution in [3.05, 3.63) is 69.8 Å². The number of amides is 1. The van der Waals surface area contributed by atoms with Crippen molar-refractivity contribution in [2.75, 3.05) is 33.8 Å². The molecule has 1 saturated heterocycles. The smallest absolute Gasteiger partial charge is 0.295 e. The lowest BCUT2D eigenvalue weighted by Crippen LogP contribution is -2.35. The lowest BCUT2D eigenvalue weighted by molar-refractivity contribution is -0.140. The monoisotopic (exact) mass is 442 g/mol. The van der Waals surface area contributed by atoms with E-state index in [9.17, 15) is 14.7 Å². The van der Waals surface area contributed by atoms with Crippen LogP contribution >= 0.6 is 11.6 Å². The normalized spacial score (nSPS) is 18.1. The predicted molar refractivity (Wildman–Crippen MR) is 121 cm³/mol. The van der Waals surface area contributed by atoms with E-state index in [1.54, 1.807) is 18.2 Å². The summed E-state index contributed by atoms with van der Waals surface area (Å²) in [6.45, 7) is 5.21. The van der Waals surface area contributed by atoms with Gasteiger partial charge in [0.1, 0.15) is 11.5 Å². The first-order chi connectivity index (χ1) is 14.7.